The fraction of sp³-hybridized carbons (Fsp3) is 0.133. The Bertz CT molecular complexity index is 823. The highest BCUT2D eigenvalue weighted by molar-refractivity contribution is 6.14. The molecule has 4 nitrogen and oxygen atoms in total. The third-order valence-electron chi connectivity index (χ3n) is 3.40. The van der Waals surface area contributed by atoms with E-state index in [1.807, 2.05) is 18.2 Å². The summed E-state index contributed by atoms with van der Waals surface area (Å²) in [6, 6.07) is 8.12. The molecule has 0 bridgehead atoms. The quantitative estimate of drug-likeness (QED) is 0.682. The summed E-state index contributed by atoms with van der Waals surface area (Å²) in [5.41, 5.74) is 7.72. The van der Waals surface area contributed by atoms with Gasteiger partial charge in [-0.1, -0.05) is 12.1 Å². The van der Waals surface area contributed by atoms with E-state index in [9.17, 15) is 9.18 Å². The number of halogens is 1. The third-order valence-corrected chi connectivity index (χ3v) is 3.40. The van der Waals surface area contributed by atoms with Gasteiger partial charge in [-0.15, -0.1) is 0 Å². The van der Waals surface area contributed by atoms with E-state index < -0.39 is 11.7 Å². The summed E-state index contributed by atoms with van der Waals surface area (Å²) < 4.78 is 13.6. The van der Waals surface area contributed by atoms with E-state index in [2.05, 4.69) is 4.98 Å². The predicted molar refractivity (Wildman–Crippen MR) is 75.1 cm³/mol. The summed E-state index contributed by atoms with van der Waals surface area (Å²) in [5.74, 6) is -1.16. The molecule has 1 amide bonds. The van der Waals surface area contributed by atoms with Gasteiger partial charge in [0.25, 0.3) is 5.91 Å². The van der Waals surface area contributed by atoms with Crippen LogP contribution in [0.3, 0.4) is 0 Å². The molecule has 20 heavy (non-hydrogen) atoms. The number of aromatic nitrogens is 1. The molecule has 3 rings (SSSR count). The van der Waals surface area contributed by atoms with Crippen LogP contribution in [-0.4, -0.2) is 22.6 Å². The van der Waals surface area contributed by atoms with Gasteiger partial charge in [-0.05, 0) is 30.2 Å². The largest absolute Gasteiger partial charge is 0.396 e. The lowest BCUT2D eigenvalue weighted by atomic mass is 10.1. The zero-order valence-corrected chi connectivity index (χ0v) is 10.6. The zero-order chi connectivity index (χ0) is 14.3. The number of nitrogens with two attached hydrogens (primary N) is 1. The van der Waals surface area contributed by atoms with Crippen LogP contribution in [-0.2, 0) is 6.42 Å². The highest BCUT2D eigenvalue weighted by atomic mass is 19.1. The molecule has 0 radical (unpaired) electrons. The molecular formula is C15H13FN2O2. The number of H-pyrrole nitrogens is 1. The van der Waals surface area contributed by atoms with Gasteiger partial charge in [-0.25, -0.2) is 4.39 Å². The third kappa shape index (κ3) is 1.92. The maximum atomic E-state index is 13.6. The number of carbonyl (C=O) groups excluding carboxylic acids is 1. The molecular weight excluding hydrogens is 259 g/mol. The number of rotatable bonds is 3. The monoisotopic (exact) mass is 272 g/mol. The molecule has 0 spiro atoms. The number of nitrogens with one attached hydrogen (secondary N) is 1. The first kappa shape index (κ1) is 12.6. The first-order valence-electron chi connectivity index (χ1n) is 6.24. The van der Waals surface area contributed by atoms with Crippen molar-refractivity contribution in [1.82, 2.24) is 4.98 Å². The summed E-state index contributed by atoms with van der Waals surface area (Å²) in [4.78, 5) is 14.5. The Morgan fingerprint density at radius 2 is 2.05 bits per heavy atom. The molecule has 0 saturated carbocycles. The molecule has 102 valence electrons. The second-order valence-electron chi connectivity index (χ2n) is 4.72. The van der Waals surface area contributed by atoms with Crippen molar-refractivity contribution in [3.8, 4) is 0 Å². The number of fused-ring (bicyclic) bond motifs is 3. The lowest BCUT2D eigenvalue weighted by Crippen LogP contribution is -2.11. The molecule has 0 saturated heterocycles. The van der Waals surface area contributed by atoms with Crippen LogP contribution in [0.25, 0.3) is 21.8 Å². The van der Waals surface area contributed by atoms with E-state index in [1.54, 1.807) is 0 Å². The molecule has 0 aliphatic heterocycles. The lowest BCUT2D eigenvalue weighted by Gasteiger charge is -1.99. The van der Waals surface area contributed by atoms with E-state index in [0.29, 0.717) is 17.3 Å². The van der Waals surface area contributed by atoms with Crippen molar-refractivity contribution < 1.29 is 14.3 Å². The minimum atomic E-state index is -0.670. The predicted octanol–water partition coefficient (Wildman–Crippen LogP) is 2.09. The Morgan fingerprint density at radius 1 is 1.25 bits per heavy atom. The van der Waals surface area contributed by atoms with Crippen molar-refractivity contribution in [2.24, 2.45) is 5.73 Å². The van der Waals surface area contributed by atoms with Gasteiger partial charge < -0.3 is 15.8 Å². The molecule has 0 atom stereocenters. The minimum Gasteiger partial charge on any atom is -0.396 e. The second kappa shape index (κ2) is 4.61. The molecule has 2 aromatic carbocycles. The number of hydrogen-bond donors (Lipinski definition) is 3. The van der Waals surface area contributed by atoms with Crippen LogP contribution in [0.2, 0.25) is 0 Å². The standard InChI is InChI=1S/C15H13FN2O2/c16-9-6-11-10-2-1-8(3-4-19)5-13(10)18-14(11)12(7-9)15(17)20/h1-2,5-7,18-19H,3-4H2,(H2,17,20). The lowest BCUT2D eigenvalue weighted by molar-refractivity contribution is 0.100. The topological polar surface area (TPSA) is 79.1 Å². The van der Waals surface area contributed by atoms with Crippen molar-refractivity contribution in [3.63, 3.8) is 0 Å². The van der Waals surface area contributed by atoms with Crippen LogP contribution >= 0.6 is 0 Å². The Kier molecular flexibility index (Phi) is 2.91. The minimum absolute atomic E-state index is 0.0624. The van der Waals surface area contributed by atoms with Crippen molar-refractivity contribution in [2.75, 3.05) is 6.61 Å². The van der Waals surface area contributed by atoms with Crippen LogP contribution in [0.5, 0.6) is 0 Å². The molecule has 5 heteroatoms. The van der Waals surface area contributed by atoms with E-state index >= 15 is 0 Å². The number of aliphatic hydroxyl groups is 1. The normalized spacial score (nSPS) is 11.3. The number of primary amides is 1. The Hall–Kier alpha value is -2.40. The Balaban J connectivity index is 2.35. The highest BCUT2D eigenvalue weighted by Crippen LogP contribution is 2.29. The Morgan fingerprint density at radius 3 is 2.75 bits per heavy atom. The average Bonchev–Trinajstić information content (AvgIpc) is 2.75. The van der Waals surface area contributed by atoms with Gasteiger partial charge in [0.05, 0.1) is 11.1 Å². The van der Waals surface area contributed by atoms with Crippen LogP contribution in [0.1, 0.15) is 15.9 Å². The van der Waals surface area contributed by atoms with Gasteiger partial charge in [0.15, 0.2) is 0 Å². The zero-order valence-electron chi connectivity index (χ0n) is 10.6. The molecule has 0 aliphatic rings. The van der Waals surface area contributed by atoms with E-state index in [1.165, 1.54) is 6.07 Å². The first-order chi connectivity index (χ1) is 9.60. The number of amides is 1. The van der Waals surface area contributed by atoms with Gasteiger partial charge in [0, 0.05) is 22.9 Å². The maximum Gasteiger partial charge on any atom is 0.250 e. The first-order valence-corrected chi connectivity index (χ1v) is 6.24. The maximum absolute atomic E-state index is 13.6. The highest BCUT2D eigenvalue weighted by Gasteiger charge is 2.14. The van der Waals surface area contributed by atoms with Crippen molar-refractivity contribution in [1.29, 1.82) is 0 Å². The fourth-order valence-electron chi connectivity index (χ4n) is 2.50. The van der Waals surface area contributed by atoms with Crippen molar-refractivity contribution in [2.45, 2.75) is 6.42 Å². The average molecular weight is 272 g/mol. The molecule has 3 aromatic rings. The molecule has 0 fully saturated rings. The smallest absolute Gasteiger partial charge is 0.250 e. The summed E-state index contributed by atoms with van der Waals surface area (Å²) in [7, 11) is 0. The SMILES string of the molecule is NC(=O)c1cc(F)cc2c1[nH]c1cc(CCO)ccc12. The van der Waals surface area contributed by atoms with Gasteiger partial charge >= 0.3 is 0 Å². The summed E-state index contributed by atoms with van der Waals surface area (Å²) in [6.45, 7) is 0.0624. The molecule has 1 heterocycles. The van der Waals surface area contributed by atoms with Gasteiger partial charge in [-0.2, -0.15) is 0 Å². The number of carbonyl (C=O) groups is 1. The second-order valence-corrected chi connectivity index (χ2v) is 4.72. The van der Waals surface area contributed by atoms with Crippen LogP contribution in [0, 0.1) is 5.82 Å². The Labute approximate surface area is 114 Å². The molecule has 0 unspecified atom stereocenters. The fourth-order valence-corrected chi connectivity index (χ4v) is 2.50. The number of hydrogen-bond acceptors (Lipinski definition) is 2. The van der Waals surface area contributed by atoms with E-state index in [0.717, 1.165) is 22.5 Å². The van der Waals surface area contributed by atoms with Crippen LogP contribution in [0.15, 0.2) is 30.3 Å². The van der Waals surface area contributed by atoms with Gasteiger partial charge in [-0.3, -0.25) is 4.79 Å². The summed E-state index contributed by atoms with van der Waals surface area (Å²) >= 11 is 0. The van der Waals surface area contributed by atoms with Gasteiger partial charge in [0.1, 0.15) is 5.82 Å². The van der Waals surface area contributed by atoms with E-state index in [4.69, 9.17) is 10.8 Å². The number of benzene rings is 2. The van der Waals surface area contributed by atoms with Crippen molar-refractivity contribution >= 4 is 27.7 Å². The number of aliphatic hydroxyl groups excluding tert-OH is 1. The molecule has 1 aromatic heterocycles. The van der Waals surface area contributed by atoms with Crippen LogP contribution < -0.4 is 5.73 Å². The molecule has 0 aliphatic carbocycles. The summed E-state index contributed by atoms with van der Waals surface area (Å²) in [6.07, 6.45) is 0.544. The summed E-state index contributed by atoms with van der Waals surface area (Å²) in [5, 5.41) is 10.4. The van der Waals surface area contributed by atoms with Gasteiger partial charge in [0.2, 0.25) is 0 Å². The van der Waals surface area contributed by atoms with Crippen LogP contribution in [0.4, 0.5) is 4.39 Å². The van der Waals surface area contributed by atoms with Crippen molar-refractivity contribution in [3.05, 3.63) is 47.3 Å². The molecule has 4 N–H and O–H groups in total. The van der Waals surface area contributed by atoms with E-state index in [-0.39, 0.29) is 12.2 Å². The number of aromatic amines is 1.